The molecule has 3 atom stereocenters. The molecule has 3 aliphatic heterocycles. The van der Waals surface area contributed by atoms with Gasteiger partial charge < -0.3 is 24.9 Å². The van der Waals surface area contributed by atoms with Crippen molar-refractivity contribution in [1.29, 1.82) is 0 Å². The largest absolute Gasteiger partial charge is 0.480 e. The number of piperazine rings is 1. The predicted molar refractivity (Wildman–Crippen MR) is 90.0 cm³/mol. The highest BCUT2D eigenvalue weighted by Gasteiger charge is 2.72. The van der Waals surface area contributed by atoms with Gasteiger partial charge in [-0.15, -0.1) is 10.0 Å². The van der Waals surface area contributed by atoms with Gasteiger partial charge in [0.1, 0.15) is 6.04 Å². The van der Waals surface area contributed by atoms with Gasteiger partial charge >= 0.3 is 5.97 Å². The van der Waals surface area contributed by atoms with E-state index in [1.54, 1.807) is 23.6 Å². The van der Waals surface area contributed by atoms with Gasteiger partial charge in [0.25, 0.3) is 5.24 Å². The number of β-lactam (4-membered cyclic amide) rings is 1. The van der Waals surface area contributed by atoms with E-state index in [1.807, 2.05) is 0 Å². The number of carbonyl (C=O) groups excluding carboxylic acids is 3. The molecule has 0 bridgehead atoms. The molecule has 0 aromatic rings. The zero-order chi connectivity index (χ0) is 18.6. The molecule has 3 amide bonds. The number of rotatable bonds is 3. The smallest absolute Gasteiger partial charge is 0.327 e. The van der Waals surface area contributed by atoms with Crippen LogP contribution in [0, 0.1) is 0 Å². The molecule has 25 heavy (non-hydrogen) atoms. The Morgan fingerprint density at radius 1 is 1.28 bits per heavy atom. The van der Waals surface area contributed by atoms with E-state index in [0.717, 1.165) is 6.41 Å². The molecule has 3 saturated heterocycles. The summed E-state index contributed by atoms with van der Waals surface area (Å²) in [7, 11) is -2.49. The Morgan fingerprint density at radius 3 is 2.28 bits per heavy atom. The van der Waals surface area contributed by atoms with E-state index in [4.69, 9.17) is 0 Å². The first-order valence-corrected chi connectivity index (χ1v) is 10.0. The normalized spacial score (nSPS) is 36.3. The lowest BCUT2D eigenvalue weighted by Gasteiger charge is -2.51. The zero-order valence-electron chi connectivity index (χ0n) is 14.3. The molecule has 3 fully saturated rings. The van der Waals surface area contributed by atoms with Gasteiger partial charge in [-0.05, 0) is 13.8 Å². The molecule has 10 heteroatoms. The number of aliphatic hydroxyl groups excluding tert-OH is 1. The maximum Gasteiger partial charge on any atom is 0.327 e. The third kappa shape index (κ3) is 2.20. The van der Waals surface area contributed by atoms with Crippen molar-refractivity contribution in [1.82, 2.24) is 14.7 Å². The molecule has 0 radical (unpaired) electrons. The maximum absolute atomic E-state index is 13.4. The van der Waals surface area contributed by atoms with Gasteiger partial charge in [-0.1, -0.05) is 0 Å². The van der Waals surface area contributed by atoms with Crippen LogP contribution in [0.15, 0.2) is 0 Å². The summed E-state index contributed by atoms with van der Waals surface area (Å²) in [4.78, 5) is 52.5. The van der Waals surface area contributed by atoms with Crippen LogP contribution in [0.2, 0.25) is 0 Å². The number of hydrogen-bond acceptors (Lipinski definition) is 5. The van der Waals surface area contributed by atoms with Crippen LogP contribution >= 0.6 is 10.0 Å². The fraction of sp³-hybridized carbons (Fsp3) is 0.733. The number of carboxylic acid groups (broad SMARTS) is 1. The molecule has 2 N–H and O–H groups in total. The van der Waals surface area contributed by atoms with Gasteiger partial charge in [0.15, 0.2) is 0 Å². The Hall–Kier alpha value is -1.81. The molecule has 0 aromatic carbocycles. The van der Waals surface area contributed by atoms with Crippen molar-refractivity contribution >= 4 is 33.6 Å². The molecule has 0 spiro atoms. The van der Waals surface area contributed by atoms with Crippen molar-refractivity contribution in [3.63, 3.8) is 0 Å². The lowest BCUT2D eigenvalue weighted by atomic mass is 9.98. The van der Waals surface area contributed by atoms with Crippen molar-refractivity contribution in [2.75, 3.05) is 32.1 Å². The average molecular weight is 373 g/mol. The topological polar surface area (TPSA) is 118 Å². The summed E-state index contributed by atoms with van der Waals surface area (Å²) < 4.78 is -1.04. The molecule has 140 valence electrons. The Morgan fingerprint density at radius 2 is 1.88 bits per heavy atom. The van der Waals surface area contributed by atoms with Crippen LogP contribution in [0.4, 0.5) is 4.79 Å². The summed E-state index contributed by atoms with van der Waals surface area (Å²) in [6, 6.07) is -1.11. The Bertz CT molecular complexity index is 633. The minimum Gasteiger partial charge on any atom is -0.480 e. The second-order valence-corrected chi connectivity index (χ2v) is 10.9. The summed E-state index contributed by atoms with van der Waals surface area (Å²) in [5.74, 6) is -1.87. The average Bonchev–Trinajstić information content (AvgIpc) is 2.75. The first-order chi connectivity index (χ1) is 11.7. The standard InChI is InChI=1S/C15H23N3O6S/c1-15(2)12(13(22)23)18-10(21)7-11(18)25(15,9-20)14(24)17-5-3-16(8-19)4-6-17/h8,11-12,20H,3-7,9H2,1-2H3,(H,22,23)/t11-,12+/m1/s1. The summed E-state index contributed by atoms with van der Waals surface area (Å²) in [6.45, 7) is 4.85. The molecule has 0 saturated carbocycles. The summed E-state index contributed by atoms with van der Waals surface area (Å²) in [5, 5.41) is 19.1. The highest BCUT2D eigenvalue weighted by molar-refractivity contribution is 8.46. The first-order valence-electron chi connectivity index (χ1n) is 8.15. The lowest BCUT2D eigenvalue weighted by molar-refractivity contribution is -0.157. The van der Waals surface area contributed by atoms with Crippen LogP contribution in [0.3, 0.4) is 0 Å². The van der Waals surface area contributed by atoms with E-state index in [-0.39, 0.29) is 17.6 Å². The van der Waals surface area contributed by atoms with E-state index in [0.29, 0.717) is 26.2 Å². The second kappa shape index (κ2) is 5.87. The molecule has 0 aliphatic carbocycles. The van der Waals surface area contributed by atoms with Gasteiger partial charge in [0, 0.05) is 30.9 Å². The maximum atomic E-state index is 13.4. The quantitative estimate of drug-likeness (QED) is 0.506. The van der Waals surface area contributed by atoms with Crippen molar-refractivity contribution < 1.29 is 29.4 Å². The number of carboxylic acids is 1. The number of aliphatic hydroxyl groups is 1. The molecule has 0 aromatic heterocycles. The lowest BCUT2D eigenvalue weighted by Crippen LogP contribution is -2.57. The van der Waals surface area contributed by atoms with Crippen LogP contribution in [0.25, 0.3) is 0 Å². The van der Waals surface area contributed by atoms with E-state index in [9.17, 15) is 29.4 Å². The monoisotopic (exact) mass is 373 g/mol. The highest BCUT2D eigenvalue weighted by atomic mass is 32.3. The van der Waals surface area contributed by atoms with Crippen LogP contribution < -0.4 is 0 Å². The summed E-state index contributed by atoms with van der Waals surface area (Å²) in [6.07, 6.45) is 0.839. The van der Waals surface area contributed by atoms with Gasteiger partial charge in [0.2, 0.25) is 12.3 Å². The van der Waals surface area contributed by atoms with Crippen molar-refractivity contribution in [2.45, 2.75) is 36.4 Å². The van der Waals surface area contributed by atoms with E-state index >= 15 is 0 Å². The van der Waals surface area contributed by atoms with Gasteiger partial charge in [-0.25, -0.2) is 4.79 Å². The van der Waals surface area contributed by atoms with E-state index in [1.165, 1.54) is 4.90 Å². The molecule has 1 unspecified atom stereocenters. The zero-order valence-corrected chi connectivity index (χ0v) is 15.1. The molecular weight excluding hydrogens is 350 g/mol. The predicted octanol–water partition coefficient (Wildman–Crippen LogP) is -0.561. The molecule has 3 rings (SSSR count). The van der Waals surface area contributed by atoms with Crippen molar-refractivity contribution in [3.05, 3.63) is 0 Å². The van der Waals surface area contributed by atoms with Crippen LogP contribution in [0.1, 0.15) is 20.3 Å². The summed E-state index contributed by atoms with van der Waals surface area (Å²) in [5.41, 5.74) is 0. The van der Waals surface area contributed by atoms with Crippen molar-refractivity contribution in [2.24, 2.45) is 0 Å². The summed E-state index contributed by atoms with van der Waals surface area (Å²) >= 11 is 0. The van der Waals surface area contributed by atoms with Crippen LogP contribution in [-0.4, -0.2) is 96.7 Å². The SMILES string of the molecule is CC1(C)[C@H](C(=O)O)N2C(=O)C[C@H]2S1(CO)C(=O)N1CCN(C=O)CC1. The number of hydrogen-bond donors (Lipinski definition) is 2. The van der Waals surface area contributed by atoms with Crippen LogP contribution in [-0.2, 0) is 14.4 Å². The number of carbonyl (C=O) groups is 4. The molecule has 3 heterocycles. The van der Waals surface area contributed by atoms with E-state index in [2.05, 4.69) is 0 Å². The third-order valence-corrected chi connectivity index (χ3v) is 10.5. The molecule has 3 aliphatic rings. The fourth-order valence-corrected chi connectivity index (χ4v) is 8.55. The minimum absolute atomic E-state index is 0.100. The van der Waals surface area contributed by atoms with Gasteiger partial charge in [-0.3, -0.25) is 14.4 Å². The minimum atomic E-state index is -2.49. The second-order valence-electron chi connectivity index (χ2n) is 7.12. The van der Waals surface area contributed by atoms with Gasteiger partial charge in [0.05, 0.1) is 17.7 Å². The number of fused-ring (bicyclic) bond motifs is 1. The molecule has 9 nitrogen and oxygen atoms in total. The number of aliphatic carboxylic acids is 1. The number of amides is 3. The highest BCUT2D eigenvalue weighted by Crippen LogP contribution is 2.74. The molecular formula is C15H23N3O6S. The van der Waals surface area contributed by atoms with Crippen molar-refractivity contribution in [3.8, 4) is 0 Å². The number of nitrogens with zero attached hydrogens (tertiary/aromatic N) is 3. The van der Waals surface area contributed by atoms with E-state index < -0.39 is 38.1 Å². The first kappa shape index (κ1) is 18.0. The van der Waals surface area contributed by atoms with Gasteiger partial charge in [-0.2, -0.15) is 0 Å². The Labute approximate surface area is 146 Å². The van der Waals surface area contributed by atoms with Crippen LogP contribution in [0.5, 0.6) is 0 Å². The fourth-order valence-electron chi connectivity index (χ4n) is 4.24. The third-order valence-electron chi connectivity index (χ3n) is 5.76. The Kier molecular flexibility index (Phi) is 4.23. The Balaban J connectivity index is 1.96.